The van der Waals surface area contributed by atoms with Gasteiger partial charge >= 0.3 is 5.97 Å². The van der Waals surface area contributed by atoms with Gasteiger partial charge in [0.15, 0.2) is 0 Å². The Kier molecular flexibility index (Phi) is 4.88. The molecule has 1 saturated carbocycles. The third kappa shape index (κ3) is 3.97. The second kappa shape index (κ2) is 6.48. The van der Waals surface area contributed by atoms with E-state index < -0.39 is 11.6 Å². The number of aryl methyl sites for hydroxylation is 1. The van der Waals surface area contributed by atoms with Gasteiger partial charge in [-0.1, -0.05) is 25.0 Å². The van der Waals surface area contributed by atoms with Gasteiger partial charge in [0.1, 0.15) is 0 Å². The zero-order valence-electron chi connectivity index (χ0n) is 12.9. The molecule has 0 bridgehead atoms. The van der Waals surface area contributed by atoms with Crippen LogP contribution in [0.1, 0.15) is 54.9 Å². The van der Waals surface area contributed by atoms with E-state index in [1.807, 2.05) is 13.0 Å². The topological polar surface area (TPSA) is 69.6 Å². The van der Waals surface area contributed by atoms with Gasteiger partial charge in [0.2, 0.25) is 0 Å². The SMILES string of the molecule is CCC1CCC(O)(CNc2ccc(C)cc2C(=O)O)CC1. The molecule has 0 radical (unpaired) electrons. The number of anilines is 1. The molecule has 0 atom stereocenters. The summed E-state index contributed by atoms with van der Waals surface area (Å²) >= 11 is 0. The standard InChI is InChI=1S/C17H25NO3/c1-3-13-6-8-17(21,9-7-13)11-18-15-5-4-12(2)10-14(15)16(19)20/h4-5,10,13,18,21H,3,6-9,11H2,1-2H3,(H,19,20). The fraction of sp³-hybridized carbons (Fsp3) is 0.588. The molecule has 0 aromatic heterocycles. The molecule has 0 aliphatic heterocycles. The number of carboxylic acid groups (broad SMARTS) is 1. The molecule has 21 heavy (non-hydrogen) atoms. The number of nitrogens with one attached hydrogen (secondary N) is 1. The monoisotopic (exact) mass is 291 g/mol. The number of rotatable bonds is 5. The number of hydrogen-bond donors (Lipinski definition) is 3. The smallest absolute Gasteiger partial charge is 0.337 e. The van der Waals surface area contributed by atoms with Crippen molar-refractivity contribution in [1.82, 2.24) is 0 Å². The third-order valence-corrected chi connectivity index (χ3v) is 4.63. The first-order chi connectivity index (χ1) is 9.93. The van der Waals surface area contributed by atoms with Gasteiger partial charge in [-0.05, 0) is 50.7 Å². The summed E-state index contributed by atoms with van der Waals surface area (Å²) in [6.07, 6.45) is 4.84. The highest BCUT2D eigenvalue weighted by atomic mass is 16.4. The lowest BCUT2D eigenvalue weighted by Crippen LogP contribution is -2.40. The van der Waals surface area contributed by atoms with Crippen LogP contribution < -0.4 is 5.32 Å². The van der Waals surface area contributed by atoms with Gasteiger partial charge in [0.25, 0.3) is 0 Å². The zero-order valence-corrected chi connectivity index (χ0v) is 12.9. The summed E-state index contributed by atoms with van der Waals surface area (Å²) in [5, 5.41) is 23.0. The first-order valence-corrected chi connectivity index (χ1v) is 7.74. The van der Waals surface area contributed by atoms with Crippen molar-refractivity contribution >= 4 is 11.7 Å². The van der Waals surface area contributed by atoms with Crippen molar-refractivity contribution in [2.45, 2.75) is 51.6 Å². The normalized spacial score (nSPS) is 25.6. The van der Waals surface area contributed by atoms with Crippen molar-refractivity contribution in [2.75, 3.05) is 11.9 Å². The molecule has 0 saturated heterocycles. The van der Waals surface area contributed by atoms with E-state index in [1.54, 1.807) is 12.1 Å². The Morgan fingerprint density at radius 2 is 2.05 bits per heavy atom. The molecule has 0 unspecified atom stereocenters. The van der Waals surface area contributed by atoms with Gasteiger partial charge in [-0.3, -0.25) is 0 Å². The number of aromatic carboxylic acids is 1. The van der Waals surface area contributed by atoms with Crippen LogP contribution in [0.5, 0.6) is 0 Å². The van der Waals surface area contributed by atoms with Crippen molar-refractivity contribution in [3.63, 3.8) is 0 Å². The van der Waals surface area contributed by atoms with Crippen molar-refractivity contribution in [3.05, 3.63) is 29.3 Å². The minimum atomic E-state index is -0.942. The highest BCUT2D eigenvalue weighted by Crippen LogP contribution is 2.34. The average molecular weight is 291 g/mol. The highest BCUT2D eigenvalue weighted by Gasteiger charge is 2.32. The minimum absolute atomic E-state index is 0.265. The maximum atomic E-state index is 11.3. The van der Waals surface area contributed by atoms with Crippen molar-refractivity contribution in [1.29, 1.82) is 0 Å². The van der Waals surface area contributed by atoms with Crippen LogP contribution >= 0.6 is 0 Å². The largest absolute Gasteiger partial charge is 0.478 e. The van der Waals surface area contributed by atoms with Crippen LogP contribution in [0.4, 0.5) is 5.69 Å². The molecule has 1 aromatic rings. The van der Waals surface area contributed by atoms with E-state index >= 15 is 0 Å². The molecule has 1 aliphatic carbocycles. The summed E-state index contributed by atoms with van der Waals surface area (Å²) in [5.41, 5.74) is 1.05. The lowest BCUT2D eigenvalue weighted by Gasteiger charge is -2.36. The fourth-order valence-corrected chi connectivity index (χ4v) is 3.05. The quantitative estimate of drug-likeness (QED) is 0.777. The maximum Gasteiger partial charge on any atom is 0.337 e. The molecule has 0 spiro atoms. The molecule has 1 aliphatic rings. The van der Waals surface area contributed by atoms with Crippen LogP contribution in [0.15, 0.2) is 18.2 Å². The van der Waals surface area contributed by atoms with Crippen LogP contribution in [0, 0.1) is 12.8 Å². The van der Waals surface area contributed by atoms with Crippen LogP contribution in [0.2, 0.25) is 0 Å². The van der Waals surface area contributed by atoms with Gasteiger partial charge < -0.3 is 15.5 Å². The predicted octanol–water partition coefficient (Wildman–Crippen LogP) is 3.44. The fourth-order valence-electron chi connectivity index (χ4n) is 3.05. The summed E-state index contributed by atoms with van der Waals surface area (Å²) in [7, 11) is 0. The summed E-state index contributed by atoms with van der Waals surface area (Å²) in [4.78, 5) is 11.3. The van der Waals surface area contributed by atoms with Gasteiger partial charge in [-0.2, -0.15) is 0 Å². The molecular weight excluding hydrogens is 266 g/mol. The Labute approximate surface area is 126 Å². The van der Waals surface area contributed by atoms with Gasteiger partial charge in [0.05, 0.1) is 11.2 Å². The van der Waals surface area contributed by atoms with Crippen LogP contribution in [-0.4, -0.2) is 28.3 Å². The molecule has 0 heterocycles. The Morgan fingerprint density at radius 3 is 2.62 bits per heavy atom. The first-order valence-electron chi connectivity index (χ1n) is 7.74. The molecule has 4 heteroatoms. The number of carbonyl (C=O) groups is 1. The van der Waals surface area contributed by atoms with Gasteiger partial charge in [-0.25, -0.2) is 4.79 Å². The molecular formula is C17H25NO3. The Balaban J connectivity index is 2.01. The maximum absolute atomic E-state index is 11.3. The Morgan fingerprint density at radius 1 is 1.38 bits per heavy atom. The van der Waals surface area contributed by atoms with Gasteiger partial charge in [-0.15, -0.1) is 0 Å². The van der Waals surface area contributed by atoms with E-state index in [-0.39, 0.29) is 5.56 Å². The number of aliphatic hydroxyl groups is 1. The molecule has 116 valence electrons. The summed E-state index contributed by atoms with van der Waals surface area (Å²) < 4.78 is 0. The lowest BCUT2D eigenvalue weighted by molar-refractivity contribution is 0.00225. The molecule has 1 fully saturated rings. The van der Waals surface area contributed by atoms with E-state index in [2.05, 4.69) is 12.2 Å². The van der Waals surface area contributed by atoms with Crippen LogP contribution in [0.25, 0.3) is 0 Å². The van der Waals surface area contributed by atoms with E-state index in [9.17, 15) is 15.0 Å². The van der Waals surface area contributed by atoms with Crippen molar-refractivity contribution in [3.8, 4) is 0 Å². The highest BCUT2D eigenvalue weighted by molar-refractivity contribution is 5.94. The van der Waals surface area contributed by atoms with E-state index in [1.165, 1.54) is 6.42 Å². The van der Waals surface area contributed by atoms with Crippen LogP contribution in [-0.2, 0) is 0 Å². The zero-order chi connectivity index (χ0) is 15.5. The minimum Gasteiger partial charge on any atom is -0.478 e. The molecule has 4 nitrogen and oxygen atoms in total. The van der Waals surface area contributed by atoms with Crippen molar-refractivity contribution < 1.29 is 15.0 Å². The summed E-state index contributed by atoms with van der Waals surface area (Å²) in [5.74, 6) is -0.220. The number of hydrogen-bond acceptors (Lipinski definition) is 3. The number of benzene rings is 1. The molecule has 3 N–H and O–H groups in total. The molecule has 1 aromatic carbocycles. The first kappa shape index (κ1) is 15.8. The van der Waals surface area contributed by atoms with Crippen LogP contribution in [0.3, 0.4) is 0 Å². The van der Waals surface area contributed by atoms with E-state index in [0.29, 0.717) is 12.2 Å². The summed E-state index contributed by atoms with van der Waals surface area (Å²) in [6.45, 7) is 4.47. The molecule has 0 amide bonds. The average Bonchev–Trinajstić information content (AvgIpc) is 2.47. The lowest BCUT2D eigenvalue weighted by atomic mass is 9.78. The van der Waals surface area contributed by atoms with Crippen molar-refractivity contribution in [2.24, 2.45) is 5.92 Å². The summed E-state index contributed by atoms with van der Waals surface area (Å²) in [6, 6.07) is 5.31. The van der Waals surface area contributed by atoms with E-state index in [4.69, 9.17) is 0 Å². The predicted molar refractivity (Wildman–Crippen MR) is 83.8 cm³/mol. The second-order valence-electron chi connectivity index (χ2n) is 6.28. The third-order valence-electron chi connectivity index (χ3n) is 4.63. The van der Waals surface area contributed by atoms with E-state index in [0.717, 1.165) is 37.2 Å². The Hall–Kier alpha value is -1.55. The second-order valence-corrected chi connectivity index (χ2v) is 6.28. The van der Waals surface area contributed by atoms with Gasteiger partial charge in [0, 0.05) is 12.2 Å². The molecule has 2 rings (SSSR count). The Bertz CT molecular complexity index is 505. The number of carboxylic acids is 1.